The Morgan fingerprint density at radius 3 is 2.93 bits per heavy atom. The zero-order valence-electron chi connectivity index (χ0n) is 16.3. The van der Waals surface area contributed by atoms with Crippen molar-refractivity contribution in [3.8, 4) is 5.75 Å². The van der Waals surface area contributed by atoms with Gasteiger partial charge in [-0.05, 0) is 31.7 Å². The SMILES string of the molecule is CCCCn1nc(COc2cccc(Cl)c2)nc1C1CN(C)CCO1.O=CO. The van der Waals surface area contributed by atoms with Gasteiger partial charge in [0, 0.05) is 24.7 Å². The van der Waals surface area contributed by atoms with Crippen molar-refractivity contribution in [3.05, 3.63) is 40.9 Å². The first-order valence-corrected chi connectivity index (χ1v) is 9.65. The summed E-state index contributed by atoms with van der Waals surface area (Å²) in [5, 5.41) is 12.2. The molecule has 1 atom stereocenters. The van der Waals surface area contributed by atoms with Gasteiger partial charge in [0.25, 0.3) is 6.47 Å². The van der Waals surface area contributed by atoms with Gasteiger partial charge >= 0.3 is 0 Å². The molecule has 1 aromatic carbocycles. The monoisotopic (exact) mass is 410 g/mol. The van der Waals surface area contributed by atoms with E-state index in [2.05, 4.69) is 24.0 Å². The lowest BCUT2D eigenvalue weighted by molar-refractivity contribution is -0.122. The lowest BCUT2D eigenvalue weighted by atomic mass is 10.2. The maximum absolute atomic E-state index is 8.36. The fraction of sp³-hybridized carbons (Fsp3) is 0.526. The smallest absolute Gasteiger partial charge is 0.290 e. The average Bonchev–Trinajstić information content (AvgIpc) is 3.09. The van der Waals surface area contributed by atoms with Gasteiger partial charge < -0.3 is 19.5 Å². The molecule has 1 aliphatic rings. The van der Waals surface area contributed by atoms with E-state index in [1.807, 2.05) is 22.9 Å². The number of carboxylic acid groups (broad SMARTS) is 1. The molecule has 0 amide bonds. The molecular formula is C19H27ClN4O4. The quantitative estimate of drug-likeness (QED) is 0.701. The van der Waals surface area contributed by atoms with Crippen molar-refractivity contribution in [2.45, 2.75) is 39.0 Å². The van der Waals surface area contributed by atoms with Crippen molar-refractivity contribution in [3.63, 3.8) is 0 Å². The number of carbonyl (C=O) groups is 1. The van der Waals surface area contributed by atoms with Crippen molar-refractivity contribution >= 4 is 18.1 Å². The Labute approximate surface area is 170 Å². The van der Waals surface area contributed by atoms with Crippen molar-refractivity contribution < 1.29 is 19.4 Å². The molecule has 1 fully saturated rings. The zero-order chi connectivity index (χ0) is 20.4. The topological polar surface area (TPSA) is 89.7 Å². The summed E-state index contributed by atoms with van der Waals surface area (Å²) >= 11 is 5.99. The Bertz CT molecular complexity index is 740. The van der Waals surface area contributed by atoms with E-state index in [4.69, 9.17) is 36.0 Å². The first-order valence-electron chi connectivity index (χ1n) is 9.27. The first kappa shape index (κ1) is 22.1. The number of ether oxygens (including phenoxy) is 2. The number of likely N-dealkylation sites (N-methyl/N-ethyl adjacent to an activating group) is 1. The third-order valence-electron chi connectivity index (χ3n) is 4.19. The standard InChI is InChI=1S/C18H25ClN4O2.CH2O2/c1-3-4-8-23-18(16-12-22(2)9-10-24-16)20-17(21-23)13-25-15-7-5-6-14(19)11-15;2-1-3/h5-7,11,16H,3-4,8-10,12-13H2,1-2H3;1H,(H,2,3). The molecule has 0 aliphatic carbocycles. The number of unbranched alkanes of at least 4 members (excludes halogenated alkanes) is 1. The maximum atomic E-state index is 8.36. The van der Waals surface area contributed by atoms with Crippen LogP contribution in [0.3, 0.4) is 0 Å². The van der Waals surface area contributed by atoms with Gasteiger partial charge in [-0.3, -0.25) is 4.79 Å². The van der Waals surface area contributed by atoms with Crippen LogP contribution < -0.4 is 4.74 Å². The number of rotatable bonds is 7. The fourth-order valence-electron chi connectivity index (χ4n) is 2.81. The van der Waals surface area contributed by atoms with E-state index in [1.54, 1.807) is 6.07 Å². The van der Waals surface area contributed by atoms with Gasteiger partial charge in [0.1, 0.15) is 18.5 Å². The van der Waals surface area contributed by atoms with Gasteiger partial charge in [0.15, 0.2) is 11.6 Å². The van der Waals surface area contributed by atoms with Crippen LogP contribution >= 0.6 is 11.6 Å². The van der Waals surface area contributed by atoms with Crippen molar-refractivity contribution in [1.82, 2.24) is 19.7 Å². The van der Waals surface area contributed by atoms with Gasteiger partial charge in [0.05, 0.1) is 6.61 Å². The minimum atomic E-state index is -0.250. The molecular weight excluding hydrogens is 384 g/mol. The summed E-state index contributed by atoms with van der Waals surface area (Å²) in [4.78, 5) is 15.3. The zero-order valence-corrected chi connectivity index (χ0v) is 17.0. The molecule has 0 radical (unpaired) electrons. The van der Waals surface area contributed by atoms with Gasteiger partial charge in [-0.2, -0.15) is 5.10 Å². The maximum Gasteiger partial charge on any atom is 0.290 e. The van der Waals surface area contributed by atoms with Crippen LogP contribution in [0.4, 0.5) is 0 Å². The number of morpholine rings is 1. The third kappa shape index (κ3) is 6.78. The molecule has 1 unspecified atom stereocenters. The van der Waals surface area contributed by atoms with Crippen LogP contribution in [0.1, 0.15) is 37.5 Å². The normalized spacial score (nSPS) is 16.9. The molecule has 1 aromatic heterocycles. The number of nitrogens with zero attached hydrogens (tertiary/aromatic N) is 4. The van der Waals surface area contributed by atoms with E-state index in [1.165, 1.54) is 0 Å². The minimum absolute atomic E-state index is 0.0389. The number of hydrogen-bond acceptors (Lipinski definition) is 6. The largest absolute Gasteiger partial charge is 0.485 e. The number of hydrogen-bond donors (Lipinski definition) is 1. The Hall–Kier alpha value is -2.16. The molecule has 28 heavy (non-hydrogen) atoms. The minimum Gasteiger partial charge on any atom is -0.485 e. The second kappa shape index (κ2) is 11.6. The summed E-state index contributed by atoms with van der Waals surface area (Å²) in [6.07, 6.45) is 2.13. The molecule has 0 spiro atoms. The van der Waals surface area contributed by atoms with Crippen LogP contribution in [0, 0.1) is 0 Å². The predicted molar refractivity (Wildman–Crippen MR) is 106 cm³/mol. The van der Waals surface area contributed by atoms with Gasteiger partial charge in [0.2, 0.25) is 0 Å². The second-order valence-electron chi connectivity index (χ2n) is 6.44. The van der Waals surface area contributed by atoms with E-state index in [0.29, 0.717) is 23.2 Å². The number of benzene rings is 1. The van der Waals surface area contributed by atoms with Crippen molar-refractivity contribution in [1.29, 1.82) is 0 Å². The highest BCUT2D eigenvalue weighted by molar-refractivity contribution is 6.30. The number of halogens is 1. The van der Waals surface area contributed by atoms with Crippen molar-refractivity contribution in [2.75, 3.05) is 26.7 Å². The molecule has 1 N–H and O–H groups in total. The lowest BCUT2D eigenvalue weighted by Crippen LogP contribution is -2.36. The van der Waals surface area contributed by atoms with E-state index in [-0.39, 0.29) is 12.6 Å². The Morgan fingerprint density at radius 1 is 1.46 bits per heavy atom. The average molecular weight is 411 g/mol. The summed E-state index contributed by atoms with van der Waals surface area (Å²) in [5.74, 6) is 2.28. The molecule has 9 heteroatoms. The summed E-state index contributed by atoms with van der Waals surface area (Å²) in [6, 6.07) is 7.35. The van der Waals surface area contributed by atoms with Gasteiger partial charge in [-0.15, -0.1) is 0 Å². The Kier molecular flexibility index (Phi) is 9.19. The first-order chi connectivity index (χ1) is 13.6. The van der Waals surface area contributed by atoms with E-state index < -0.39 is 0 Å². The highest BCUT2D eigenvalue weighted by Crippen LogP contribution is 2.22. The van der Waals surface area contributed by atoms with Crippen LogP contribution in [0.15, 0.2) is 24.3 Å². The molecule has 0 saturated carbocycles. The van der Waals surface area contributed by atoms with Crippen LogP contribution in [0.5, 0.6) is 5.75 Å². The highest BCUT2D eigenvalue weighted by Gasteiger charge is 2.25. The van der Waals surface area contributed by atoms with Crippen LogP contribution in [-0.2, 0) is 22.7 Å². The summed E-state index contributed by atoms with van der Waals surface area (Å²) < 4.78 is 13.7. The summed E-state index contributed by atoms with van der Waals surface area (Å²) in [6.45, 7) is 5.58. The molecule has 2 heterocycles. The summed E-state index contributed by atoms with van der Waals surface area (Å²) in [7, 11) is 2.10. The van der Waals surface area contributed by atoms with E-state index in [0.717, 1.165) is 44.9 Å². The second-order valence-corrected chi connectivity index (χ2v) is 6.87. The Morgan fingerprint density at radius 2 is 2.25 bits per heavy atom. The van der Waals surface area contributed by atoms with Crippen LogP contribution in [0.25, 0.3) is 0 Å². The number of aryl methyl sites for hydroxylation is 1. The molecule has 8 nitrogen and oxygen atoms in total. The van der Waals surface area contributed by atoms with Crippen LogP contribution in [0.2, 0.25) is 5.02 Å². The molecule has 2 aromatic rings. The highest BCUT2D eigenvalue weighted by atomic mass is 35.5. The summed E-state index contributed by atoms with van der Waals surface area (Å²) in [5.41, 5.74) is 0. The fourth-order valence-corrected chi connectivity index (χ4v) is 2.99. The van der Waals surface area contributed by atoms with E-state index in [9.17, 15) is 0 Å². The predicted octanol–water partition coefficient (Wildman–Crippen LogP) is 3.01. The Balaban J connectivity index is 0.000000878. The molecule has 1 saturated heterocycles. The van der Waals surface area contributed by atoms with Crippen molar-refractivity contribution in [2.24, 2.45) is 0 Å². The van der Waals surface area contributed by atoms with Crippen LogP contribution in [-0.4, -0.2) is 58.0 Å². The van der Waals surface area contributed by atoms with Gasteiger partial charge in [-0.1, -0.05) is 31.0 Å². The molecule has 0 bridgehead atoms. The third-order valence-corrected chi connectivity index (χ3v) is 4.42. The van der Waals surface area contributed by atoms with Gasteiger partial charge in [-0.25, -0.2) is 9.67 Å². The molecule has 3 rings (SSSR count). The number of aromatic nitrogens is 3. The molecule has 154 valence electrons. The van der Waals surface area contributed by atoms with E-state index >= 15 is 0 Å². The molecule has 1 aliphatic heterocycles. The lowest BCUT2D eigenvalue weighted by Gasteiger charge is -2.29.